The van der Waals surface area contributed by atoms with Gasteiger partial charge in [0.15, 0.2) is 0 Å². The Kier molecular flexibility index (Phi) is 6.94. The third kappa shape index (κ3) is 7.10. The van der Waals surface area contributed by atoms with Crippen molar-refractivity contribution in [2.75, 3.05) is 6.54 Å². The highest BCUT2D eigenvalue weighted by Crippen LogP contribution is 2.00. The summed E-state index contributed by atoms with van der Waals surface area (Å²) in [6.07, 6.45) is 1.18. The van der Waals surface area contributed by atoms with E-state index in [9.17, 15) is 14.4 Å². The van der Waals surface area contributed by atoms with E-state index in [1.54, 1.807) is 31.2 Å². The number of carbonyl (C=O) groups excluding carboxylic acids is 2. The molecule has 0 fully saturated rings. The SMILES string of the molecule is CC(CCCC(=O)O)NC(=O)CNC(=O)c1ccccc1. The van der Waals surface area contributed by atoms with E-state index in [0.717, 1.165) is 0 Å². The van der Waals surface area contributed by atoms with E-state index in [0.29, 0.717) is 18.4 Å². The molecule has 1 aromatic carbocycles. The molecule has 1 rings (SSSR count). The second-order valence-corrected chi connectivity index (χ2v) is 4.80. The van der Waals surface area contributed by atoms with Gasteiger partial charge in [-0.25, -0.2) is 0 Å². The summed E-state index contributed by atoms with van der Waals surface area (Å²) < 4.78 is 0. The molecule has 1 aromatic rings. The van der Waals surface area contributed by atoms with Gasteiger partial charge in [-0.05, 0) is 31.9 Å². The van der Waals surface area contributed by atoms with Crippen molar-refractivity contribution < 1.29 is 19.5 Å². The van der Waals surface area contributed by atoms with Gasteiger partial charge in [-0.1, -0.05) is 18.2 Å². The predicted octanol–water partition coefficient (Wildman–Crippen LogP) is 1.18. The Morgan fingerprint density at radius 1 is 1.19 bits per heavy atom. The molecular weight excluding hydrogens is 272 g/mol. The van der Waals surface area contributed by atoms with Crippen LogP contribution in [-0.4, -0.2) is 35.5 Å². The van der Waals surface area contributed by atoms with Gasteiger partial charge < -0.3 is 15.7 Å². The van der Waals surface area contributed by atoms with Crippen LogP contribution < -0.4 is 10.6 Å². The first-order chi connectivity index (χ1) is 9.99. The van der Waals surface area contributed by atoms with Crippen molar-refractivity contribution in [2.24, 2.45) is 0 Å². The molecule has 6 nitrogen and oxygen atoms in total. The first kappa shape index (κ1) is 16.7. The van der Waals surface area contributed by atoms with Gasteiger partial charge >= 0.3 is 5.97 Å². The third-order valence-corrected chi connectivity index (χ3v) is 2.88. The van der Waals surface area contributed by atoms with Gasteiger partial charge in [-0.3, -0.25) is 14.4 Å². The predicted molar refractivity (Wildman–Crippen MR) is 77.9 cm³/mol. The smallest absolute Gasteiger partial charge is 0.303 e. The number of carbonyl (C=O) groups is 3. The Labute approximate surface area is 123 Å². The summed E-state index contributed by atoms with van der Waals surface area (Å²) >= 11 is 0. The molecule has 1 atom stereocenters. The molecule has 0 aliphatic carbocycles. The molecule has 0 heterocycles. The average Bonchev–Trinajstić information content (AvgIpc) is 2.45. The molecule has 0 aliphatic heterocycles. The summed E-state index contributed by atoms with van der Waals surface area (Å²) in [6.45, 7) is 1.70. The fourth-order valence-corrected chi connectivity index (χ4v) is 1.81. The number of rotatable bonds is 8. The van der Waals surface area contributed by atoms with Crippen LogP contribution in [0.3, 0.4) is 0 Å². The van der Waals surface area contributed by atoms with Gasteiger partial charge in [-0.15, -0.1) is 0 Å². The maximum atomic E-state index is 11.7. The summed E-state index contributed by atoms with van der Waals surface area (Å²) in [4.78, 5) is 33.7. The van der Waals surface area contributed by atoms with Gasteiger partial charge in [0.2, 0.25) is 5.91 Å². The lowest BCUT2D eigenvalue weighted by molar-refractivity contribution is -0.137. The Hall–Kier alpha value is -2.37. The van der Waals surface area contributed by atoms with Crippen LogP contribution in [0, 0.1) is 0 Å². The molecule has 0 bridgehead atoms. The van der Waals surface area contributed by atoms with Crippen LogP contribution in [0.1, 0.15) is 36.5 Å². The topological polar surface area (TPSA) is 95.5 Å². The molecule has 2 amide bonds. The van der Waals surface area contributed by atoms with Crippen molar-refractivity contribution in [3.63, 3.8) is 0 Å². The minimum Gasteiger partial charge on any atom is -0.481 e. The van der Waals surface area contributed by atoms with Gasteiger partial charge in [0.05, 0.1) is 6.54 Å². The van der Waals surface area contributed by atoms with E-state index in [1.165, 1.54) is 0 Å². The molecule has 114 valence electrons. The van der Waals surface area contributed by atoms with E-state index in [4.69, 9.17) is 5.11 Å². The number of hydrogen-bond acceptors (Lipinski definition) is 3. The molecular formula is C15H20N2O4. The average molecular weight is 292 g/mol. The highest BCUT2D eigenvalue weighted by Gasteiger charge is 2.10. The van der Waals surface area contributed by atoms with E-state index < -0.39 is 5.97 Å². The zero-order valence-corrected chi connectivity index (χ0v) is 12.0. The Bertz CT molecular complexity index is 488. The van der Waals surface area contributed by atoms with Crippen LogP contribution in [0.2, 0.25) is 0 Å². The minimum atomic E-state index is -0.844. The standard InChI is InChI=1S/C15H20N2O4/c1-11(6-5-9-14(19)20)17-13(18)10-16-15(21)12-7-3-2-4-8-12/h2-4,7-8,11H,5-6,9-10H2,1H3,(H,16,21)(H,17,18)(H,19,20). The minimum absolute atomic E-state index is 0.0882. The molecule has 0 saturated carbocycles. The van der Waals surface area contributed by atoms with Gasteiger partial charge in [0.1, 0.15) is 0 Å². The molecule has 3 N–H and O–H groups in total. The largest absolute Gasteiger partial charge is 0.481 e. The zero-order valence-electron chi connectivity index (χ0n) is 12.0. The van der Waals surface area contributed by atoms with Crippen LogP contribution in [0.5, 0.6) is 0 Å². The Morgan fingerprint density at radius 2 is 1.86 bits per heavy atom. The molecule has 0 spiro atoms. The molecule has 6 heteroatoms. The molecule has 0 saturated heterocycles. The van der Waals surface area contributed by atoms with Crippen LogP contribution in [0.25, 0.3) is 0 Å². The number of aliphatic carboxylic acids is 1. The lowest BCUT2D eigenvalue weighted by Crippen LogP contribution is -2.40. The second kappa shape index (κ2) is 8.73. The lowest BCUT2D eigenvalue weighted by Gasteiger charge is -2.13. The normalized spacial score (nSPS) is 11.5. The summed E-state index contributed by atoms with van der Waals surface area (Å²) in [6, 6.07) is 8.52. The van der Waals surface area contributed by atoms with E-state index in [2.05, 4.69) is 10.6 Å². The van der Waals surface area contributed by atoms with Gasteiger partial charge in [-0.2, -0.15) is 0 Å². The number of benzene rings is 1. The maximum Gasteiger partial charge on any atom is 0.303 e. The summed E-state index contributed by atoms with van der Waals surface area (Å²) in [5, 5.41) is 13.8. The van der Waals surface area contributed by atoms with E-state index in [-0.39, 0.29) is 30.8 Å². The fraction of sp³-hybridized carbons (Fsp3) is 0.400. The first-order valence-corrected chi connectivity index (χ1v) is 6.83. The molecule has 21 heavy (non-hydrogen) atoms. The number of amides is 2. The monoisotopic (exact) mass is 292 g/mol. The second-order valence-electron chi connectivity index (χ2n) is 4.80. The van der Waals surface area contributed by atoms with Gasteiger partial charge in [0.25, 0.3) is 5.91 Å². The van der Waals surface area contributed by atoms with Crippen LogP contribution >= 0.6 is 0 Å². The highest BCUT2D eigenvalue weighted by molar-refractivity contribution is 5.96. The van der Waals surface area contributed by atoms with Crippen LogP contribution in [0.4, 0.5) is 0 Å². The summed E-state index contributed by atoms with van der Waals surface area (Å²) in [7, 11) is 0. The highest BCUT2D eigenvalue weighted by atomic mass is 16.4. The lowest BCUT2D eigenvalue weighted by atomic mass is 10.1. The van der Waals surface area contributed by atoms with Crippen molar-refractivity contribution in [2.45, 2.75) is 32.2 Å². The van der Waals surface area contributed by atoms with Crippen LogP contribution in [-0.2, 0) is 9.59 Å². The quantitative estimate of drug-likeness (QED) is 0.670. The summed E-state index contributed by atoms with van der Waals surface area (Å²) in [5.74, 6) is -1.44. The molecule has 0 aliphatic rings. The maximum absolute atomic E-state index is 11.7. The number of carboxylic acids is 1. The van der Waals surface area contributed by atoms with E-state index in [1.807, 2.05) is 6.07 Å². The molecule has 1 unspecified atom stereocenters. The van der Waals surface area contributed by atoms with Gasteiger partial charge in [0, 0.05) is 18.0 Å². The van der Waals surface area contributed by atoms with E-state index >= 15 is 0 Å². The first-order valence-electron chi connectivity index (χ1n) is 6.83. The van der Waals surface area contributed by atoms with Crippen molar-refractivity contribution in [3.8, 4) is 0 Å². The number of carboxylic acid groups (broad SMARTS) is 1. The molecule has 0 radical (unpaired) electrons. The van der Waals surface area contributed by atoms with Crippen molar-refractivity contribution in [1.82, 2.24) is 10.6 Å². The number of nitrogens with one attached hydrogen (secondary N) is 2. The van der Waals surface area contributed by atoms with Crippen molar-refractivity contribution in [3.05, 3.63) is 35.9 Å². The third-order valence-electron chi connectivity index (χ3n) is 2.88. The number of hydrogen-bond donors (Lipinski definition) is 3. The Balaban J connectivity index is 2.24. The van der Waals surface area contributed by atoms with Crippen molar-refractivity contribution in [1.29, 1.82) is 0 Å². The van der Waals surface area contributed by atoms with Crippen molar-refractivity contribution >= 4 is 17.8 Å². The zero-order chi connectivity index (χ0) is 15.7. The fourth-order valence-electron chi connectivity index (χ4n) is 1.81. The Morgan fingerprint density at radius 3 is 2.48 bits per heavy atom. The molecule has 0 aromatic heterocycles. The van der Waals surface area contributed by atoms with Crippen LogP contribution in [0.15, 0.2) is 30.3 Å². The summed E-state index contributed by atoms with van der Waals surface area (Å²) in [5.41, 5.74) is 0.500.